The summed E-state index contributed by atoms with van der Waals surface area (Å²) >= 11 is 0. The molecule has 2 aromatic rings. The number of rotatable bonds is 5. The number of H-pyrrole nitrogens is 1. The number of halogens is 1. The Morgan fingerprint density at radius 1 is 1.64 bits per heavy atom. The predicted molar refractivity (Wildman–Crippen MR) is 85.2 cm³/mol. The van der Waals surface area contributed by atoms with E-state index in [0.717, 1.165) is 0 Å². The van der Waals surface area contributed by atoms with Crippen LogP contribution in [0.15, 0.2) is 16.8 Å². The standard InChI is InChI=1S/C16H19FN6O2/c1-10-20-15(21-25-10)9-23-7-12(17)4-14(23)8-22(2)16(24)11-3-13(5-18)19-6-11/h3,6,12,14,19H,4,7-9H2,1-2H3/t12-,14-/m0/s1. The van der Waals surface area contributed by atoms with Crippen LogP contribution in [0.5, 0.6) is 0 Å². The Labute approximate surface area is 144 Å². The predicted octanol–water partition coefficient (Wildman–Crippen LogP) is 1.26. The summed E-state index contributed by atoms with van der Waals surface area (Å²) in [6.07, 6.45) is 0.911. The number of alkyl halides is 1. The Kier molecular flexibility index (Phi) is 4.81. The molecule has 0 aromatic carbocycles. The highest BCUT2D eigenvalue weighted by Gasteiger charge is 2.34. The SMILES string of the molecule is Cc1nc(CN2C[C@@H](F)C[C@H]2CN(C)C(=O)c2c[nH]c(C#N)c2)no1. The van der Waals surface area contributed by atoms with Gasteiger partial charge < -0.3 is 14.4 Å². The van der Waals surface area contributed by atoms with Crippen LogP contribution >= 0.6 is 0 Å². The van der Waals surface area contributed by atoms with Crippen molar-refractivity contribution in [3.63, 3.8) is 0 Å². The van der Waals surface area contributed by atoms with Crippen molar-refractivity contribution in [2.75, 3.05) is 20.1 Å². The van der Waals surface area contributed by atoms with Gasteiger partial charge in [0.05, 0.1) is 12.1 Å². The molecule has 9 heteroatoms. The third kappa shape index (κ3) is 3.85. The average molecular weight is 346 g/mol. The molecule has 0 spiro atoms. The largest absolute Gasteiger partial charge is 0.352 e. The fourth-order valence-corrected chi connectivity index (χ4v) is 3.09. The van der Waals surface area contributed by atoms with Gasteiger partial charge >= 0.3 is 0 Å². The quantitative estimate of drug-likeness (QED) is 0.874. The zero-order chi connectivity index (χ0) is 18.0. The first-order valence-corrected chi connectivity index (χ1v) is 7.97. The maximum absolute atomic E-state index is 13.9. The molecule has 1 aliphatic rings. The molecule has 1 fully saturated rings. The molecule has 3 heterocycles. The molecule has 0 aliphatic carbocycles. The molecule has 3 rings (SSSR count). The number of hydrogen-bond acceptors (Lipinski definition) is 6. The van der Waals surface area contributed by atoms with Gasteiger partial charge in [0.25, 0.3) is 5.91 Å². The van der Waals surface area contributed by atoms with Crippen LogP contribution in [0.1, 0.15) is 34.2 Å². The summed E-state index contributed by atoms with van der Waals surface area (Å²) in [5.74, 6) is 0.765. The van der Waals surface area contributed by atoms with E-state index in [4.69, 9.17) is 9.78 Å². The van der Waals surface area contributed by atoms with Crippen molar-refractivity contribution in [2.24, 2.45) is 0 Å². The first-order chi connectivity index (χ1) is 12.0. The van der Waals surface area contributed by atoms with Gasteiger partial charge in [-0.2, -0.15) is 10.2 Å². The van der Waals surface area contributed by atoms with Crippen LogP contribution in [-0.2, 0) is 6.54 Å². The second-order valence-corrected chi connectivity index (χ2v) is 6.25. The first kappa shape index (κ1) is 17.1. The van der Waals surface area contributed by atoms with Crippen LogP contribution < -0.4 is 0 Å². The molecule has 0 saturated carbocycles. The van der Waals surface area contributed by atoms with E-state index in [0.29, 0.717) is 42.5 Å². The molecule has 8 nitrogen and oxygen atoms in total. The number of likely N-dealkylation sites (N-methyl/N-ethyl adjacent to an activating group) is 1. The van der Waals surface area contributed by atoms with Crippen molar-refractivity contribution in [3.05, 3.63) is 35.2 Å². The maximum Gasteiger partial charge on any atom is 0.255 e. The molecule has 0 unspecified atom stereocenters. The summed E-state index contributed by atoms with van der Waals surface area (Å²) in [6.45, 7) is 2.74. The minimum Gasteiger partial charge on any atom is -0.352 e. The third-order valence-corrected chi connectivity index (χ3v) is 4.27. The molecule has 2 aromatic heterocycles. The van der Waals surface area contributed by atoms with Gasteiger partial charge in [0.15, 0.2) is 5.82 Å². The Morgan fingerprint density at radius 2 is 2.44 bits per heavy atom. The van der Waals surface area contributed by atoms with E-state index in [1.165, 1.54) is 12.3 Å². The first-order valence-electron chi connectivity index (χ1n) is 7.97. The lowest BCUT2D eigenvalue weighted by Gasteiger charge is -2.27. The Bertz CT molecular complexity index is 795. The zero-order valence-corrected chi connectivity index (χ0v) is 14.1. The number of nitriles is 1. The van der Waals surface area contributed by atoms with Crippen LogP contribution in [-0.4, -0.2) is 63.2 Å². The summed E-state index contributed by atoms with van der Waals surface area (Å²) < 4.78 is 18.9. The van der Waals surface area contributed by atoms with Crippen LogP contribution in [0.3, 0.4) is 0 Å². The molecule has 1 saturated heterocycles. The van der Waals surface area contributed by atoms with Crippen molar-refractivity contribution in [2.45, 2.75) is 32.1 Å². The molecule has 25 heavy (non-hydrogen) atoms. The summed E-state index contributed by atoms with van der Waals surface area (Å²) in [5, 5.41) is 12.7. The zero-order valence-electron chi connectivity index (χ0n) is 14.1. The highest BCUT2D eigenvalue weighted by Crippen LogP contribution is 2.23. The number of hydrogen-bond donors (Lipinski definition) is 1. The number of nitrogens with zero attached hydrogens (tertiary/aromatic N) is 5. The second-order valence-electron chi connectivity index (χ2n) is 6.25. The number of carbonyl (C=O) groups excluding carboxylic acids is 1. The van der Waals surface area contributed by atoms with Crippen molar-refractivity contribution >= 4 is 5.91 Å². The topological polar surface area (TPSA) is 102 Å². The van der Waals surface area contributed by atoms with Crippen molar-refractivity contribution in [1.82, 2.24) is 24.9 Å². The normalized spacial score (nSPS) is 20.6. The lowest BCUT2D eigenvalue weighted by molar-refractivity contribution is 0.0748. The minimum atomic E-state index is -0.945. The smallest absolute Gasteiger partial charge is 0.255 e. The van der Waals surface area contributed by atoms with E-state index in [-0.39, 0.29) is 18.5 Å². The van der Waals surface area contributed by atoms with Gasteiger partial charge in [-0.1, -0.05) is 5.16 Å². The lowest BCUT2D eigenvalue weighted by atomic mass is 10.2. The van der Waals surface area contributed by atoms with Gasteiger partial charge in [-0.25, -0.2) is 4.39 Å². The van der Waals surface area contributed by atoms with Crippen LogP contribution in [0.25, 0.3) is 0 Å². The number of amides is 1. The Morgan fingerprint density at radius 3 is 3.08 bits per heavy atom. The number of aryl methyl sites for hydroxylation is 1. The van der Waals surface area contributed by atoms with E-state index >= 15 is 0 Å². The van der Waals surface area contributed by atoms with Gasteiger partial charge in [0.2, 0.25) is 5.89 Å². The lowest BCUT2D eigenvalue weighted by Crippen LogP contribution is -2.41. The Hall–Kier alpha value is -2.73. The molecule has 1 N–H and O–H groups in total. The number of carbonyl (C=O) groups is 1. The highest BCUT2D eigenvalue weighted by atomic mass is 19.1. The minimum absolute atomic E-state index is 0.128. The average Bonchev–Trinajstić information content (AvgIpc) is 3.28. The van der Waals surface area contributed by atoms with E-state index < -0.39 is 6.17 Å². The molecular weight excluding hydrogens is 327 g/mol. The van der Waals surface area contributed by atoms with Gasteiger partial charge in [-0.3, -0.25) is 9.69 Å². The summed E-state index contributed by atoms with van der Waals surface area (Å²) in [5.41, 5.74) is 0.740. The van der Waals surface area contributed by atoms with Crippen LogP contribution in [0.4, 0.5) is 4.39 Å². The fraction of sp³-hybridized carbons (Fsp3) is 0.500. The third-order valence-electron chi connectivity index (χ3n) is 4.27. The van der Waals surface area contributed by atoms with Crippen LogP contribution in [0, 0.1) is 18.3 Å². The van der Waals surface area contributed by atoms with Gasteiger partial charge in [-0.15, -0.1) is 0 Å². The second kappa shape index (κ2) is 7.03. The molecule has 132 valence electrons. The van der Waals surface area contributed by atoms with Crippen molar-refractivity contribution in [1.29, 1.82) is 5.26 Å². The van der Waals surface area contributed by atoms with E-state index in [1.54, 1.807) is 18.9 Å². The summed E-state index contributed by atoms with van der Waals surface area (Å²) in [6, 6.07) is 3.33. The monoisotopic (exact) mass is 346 g/mol. The Balaban J connectivity index is 1.64. The number of nitrogens with one attached hydrogen (secondary N) is 1. The van der Waals surface area contributed by atoms with Gasteiger partial charge in [-0.05, 0) is 12.5 Å². The van der Waals surface area contributed by atoms with E-state index in [2.05, 4.69) is 15.1 Å². The molecular formula is C16H19FN6O2. The van der Waals surface area contributed by atoms with Crippen molar-refractivity contribution in [3.8, 4) is 6.07 Å². The number of aromatic amines is 1. The molecule has 0 radical (unpaired) electrons. The van der Waals surface area contributed by atoms with E-state index in [1.807, 2.05) is 11.0 Å². The number of likely N-dealkylation sites (tertiary alicyclic amines) is 1. The number of aromatic nitrogens is 3. The van der Waals surface area contributed by atoms with Gasteiger partial charge in [0, 0.05) is 39.3 Å². The fourth-order valence-electron chi connectivity index (χ4n) is 3.09. The van der Waals surface area contributed by atoms with Crippen LogP contribution in [0.2, 0.25) is 0 Å². The molecule has 1 aliphatic heterocycles. The highest BCUT2D eigenvalue weighted by molar-refractivity contribution is 5.94. The summed E-state index contributed by atoms with van der Waals surface area (Å²) in [7, 11) is 1.67. The van der Waals surface area contributed by atoms with Gasteiger partial charge in [0.1, 0.15) is 17.9 Å². The maximum atomic E-state index is 13.9. The molecule has 0 bridgehead atoms. The molecule has 1 amide bonds. The summed E-state index contributed by atoms with van der Waals surface area (Å²) in [4.78, 5) is 22.8. The molecule has 2 atom stereocenters. The van der Waals surface area contributed by atoms with E-state index in [9.17, 15) is 9.18 Å². The van der Waals surface area contributed by atoms with Crippen molar-refractivity contribution < 1.29 is 13.7 Å².